The van der Waals surface area contributed by atoms with Gasteiger partial charge in [-0.25, -0.2) is 8.42 Å². The number of amides is 1. The van der Waals surface area contributed by atoms with Crippen LogP contribution in [0, 0.1) is 20.6 Å². The maximum Gasteiger partial charge on any atom is 0.271 e. The molecule has 0 saturated carbocycles. The number of sulfonamides is 1. The zero-order valence-electron chi connectivity index (χ0n) is 14.0. The molecule has 8 nitrogen and oxygen atoms in total. The van der Waals surface area contributed by atoms with Crippen LogP contribution in [0.4, 0.5) is 17.1 Å². The fourth-order valence-corrected chi connectivity index (χ4v) is 3.40. The Labute approximate surface area is 164 Å². The number of halogens is 1. The molecule has 0 aliphatic carbocycles. The fraction of sp³-hybridized carbons (Fsp3) is 0.188. The summed E-state index contributed by atoms with van der Waals surface area (Å²) in [6.07, 6.45) is 1.01. The van der Waals surface area contributed by atoms with Crippen LogP contribution in [0.15, 0.2) is 42.5 Å². The summed E-state index contributed by atoms with van der Waals surface area (Å²) in [6.45, 7) is 1.24. The normalized spacial score (nSPS) is 11.0. The molecule has 1 amide bonds. The van der Waals surface area contributed by atoms with E-state index in [1.807, 2.05) is 0 Å². The molecule has 2 aromatic rings. The predicted molar refractivity (Wildman–Crippen MR) is 108 cm³/mol. The van der Waals surface area contributed by atoms with Crippen molar-refractivity contribution in [2.45, 2.75) is 6.92 Å². The van der Waals surface area contributed by atoms with Gasteiger partial charge in [0.15, 0.2) is 0 Å². The fourth-order valence-electron chi connectivity index (χ4n) is 2.19. The molecule has 2 rings (SSSR count). The van der Waals surface area contributed by atoms with Crippen molar-refractivity contribution in [3.05, 3.63) is 61.7 Å². The van der Waals surface area contributed by atoms with E-state index in [2.05, 4.69) is 27.9 Å². The average molecular weight is 489 g/mol. The van der Waals surface area contributed by atoms with Crippen LogP contribution in [0.25, 0.3) is 0 Å². The Kier molecular flexibility index (Phi) is 6.18. The van der Waals surface area contributed by atoms with Crippen LogP contribution in [0.2, 0.25) is 0 Å². The SMILES string of the molecule is Cc1ccc([N+](=O)[O-])cc1NC(=O)CN(c1ccc(I)cc1)S(C)(=O)=O. The van der Waals surface area contributed by atoms with Gasteiger partial charge in [-0.15, -0.1) is 0 Å². The molecule has 138 valence electrons. The van der Waals surface area contributed by atoms with Crippen molar-refractivity contribution in [2.24, 2.45) is 0 Å². The van der Waals surface area contributed by atoms with E-state index in [0.717, 1.165) is 14.1 Å². The van der Waals surface area contributed by atoms with Crippen molar-refractivity contribution < 1.29 is 18.1 Å². The number of benzene rings is 2. The Hall–Kier alpha value is -2.21. The lowest BCUT2D eigenvalue weighted by Gasteiger charge is -2.22. The van der Waals surface area contributed by atoms with E-state index < -0.39 is 27.4 Å². The van der Waals surface area contributed by atoms with Gasteiger partial charge in [0.1, 0.15) is 6.54 Å². The number of aryl methyl sites for hydroxylation is 1. The van der Waals surface area contributed by atoms with Crippen molar-refractivity contribution in [1.82, 2.24) is 0 Å². The summed E-state index contributed by atoms with van der Waals surface area (Å²) in [5, 5.41) is 13.4. The Morgan fingerprint density at radius 3 is 2.38 bits per heavy atom. The molecule has 0 saturated heterocycles. The number of anilines is 2. The van der Waals surface area contributed by atoms with E-state index in [1.54, 1.807) is 31.2 Å². The number of nitro benzene ring substituents is 1. The lowest BCUT2D eigenvalue weighted by atomic mass is 10.2. The molecule has 0 fully saturated rings. The van der Waals surface area contributed by atoms with Crippen molar-refractivity contribution >= 4 is 55.6 Å². The molecule has 0 aliphatic rings. The third kappa shape index (κ3) is 5.14. The number of nitrogens with one attached hydrogen (secondary N) is 1. The van der Waals surface area contributed by atoms with E-state index in [0.29, 0.717) is 11.3 Å². The summed E-state index contributed by atoms with van der Waals surface area (Å²) in [6, 6.07) is 10.8. The topological polar surface area (TPSA) is 110 Å². The molecule has 1 N–H and O–H groups in total. The van der Waals surface area contributed by atoms with Gasteiger partial charge >= 0.3 is 0 Å². The predicted octanol–water partition coefficient (Wildman–Crippen LogP) is 2.91. The van der Waals surface area contributed by atoms with Crippen molar-refractivity contribution in [3.63, 3.8) is 0 Å². The molecule has 0 atom stereocenters. The van der Waals surface area contributed by atoms with Crippen molar-refractivity contribution in [1.29, 1.82) is 0 Å². The zero-order chi connectivity index (χ0) is 19.5. The van der Waals surface area contributed by atoms with Crippen LogP contribution in [0.1, 0.15) is 5.56 Å². The molecule has 0 spiro atoms. The second kappa shape index (κ2) is 7.99. The number of non-ortho nitro benzene ring substituents is 1. The minimum atomic E-state index is -3.69. The van der Waals surface area contributed by atoms with Crippen molar-refractivity contribution in [2.75, 3.05) is 22.4 Å². The van der Waals surface area contributed by atoms with Gasteiger partial charge in [-0.3, -0.25) is 19.2 Å². The van der Waals surface area contributed by atoms with Crippen LogP contribution in [-0.4, -0.2) is 32.0 Å². The molecule has 26 heavy (non-hydrogen) atoms. The van der Waals surface area contributed by atoms with Gasteiger partial charge in [0.25, 0.3) is 5.69 Å². The zero-order valence-corrected chi connectivity index (χ0v) is 16.9. The van der Waals surface area contributed by atoms with E-state index in [9.17, 15) is 23.3 Å². The molecule has 0 aromatic heterocycles. The Bertz CT molecular complexity index is 945. The van der Waals surface area contributed by atoms with Crippen LogP contribution < -0.4 is 9.62 Å². The van der Waals surface area contributed by atoms with Gasteiger partial charge in [0, 0.05) is 15.7 Å². The highest BCUT2D eigenvalue weighted by Gasteiger charge is 2.21. The first-order chi connectivity index (χ1) is 12.1. The van der Waals surface area contributed by atoms with Crippen molar-refractivity contribution in [3.8, 4) is 0 Å². The highest BCUT2D eigenvalue weighted by molar-refractivity contribution is 14.1. The van der Waals surface area contributed by atoms with E-state index in [-0.39, 0.29) is 11.4 Å². The molecule has 0 unspecified atom stereocenters. The van der Waals surface area contributed by atoms with E-state index in [1.165, 1.54) is 18.2 Å². The Morgan fingerprint density at radius 2 is 1.85 bits per heavy atom. The maximum absolute atomic E-state index is 12.4. The Balaban J connectivity index is 2.24. The third-order valence-corrected chi connectivity index (χ3v) is 5.37. The summed E-state index contributed by atoms with van der Waals surface area (Å²) < 4.78 is 26.0. The molecule has 10 heteroatoms. The molecular weight excluding hydrogens is 473 g/mol. The number of rotatable bonds is 6. The van der Waals surface area contributed by atoms with Gasteiger partial charge in [-0.2, -0.15) is 0 Å². The Morgan fingerprint density at radius 1 is 1.23 bits per heavy atom. The first-order valence-corrected chi connectivity index (χ1v) is 10.3. The summed E-state index contributed by atoms with van der Waals surface area (Å²) >= 11 is 2.09. The minimum absolute atomic E-state index is 0.163. The van der Waals surface area contributed by atoms with Gasteiger partial charge in [-0.05, 0) is 59.3 Å². The molecule has 0 heterocycles. The van der Waals surface area contributed by atoms with E-state index in [4.69, 9.17) is 0 Å². The largest absolute Gasteiger partial charge is 0.324 e. The molecule has 2 aromatic carbocycles. The molecule has 0 aliphatic heterocycles. The third-order valence-electron chi connectivity index (χ3n) is 3.51. The molecule has 0 bridgehead atoms. The lowest BCUT2D eigenvalue weighted by molar-refractivity contribution is -0.384. The average Bonchev–Trinajstić information content (AvgIpc) is 2.54. The number of hydrogen-bond acceptors (Lipinski definition) is 5. The van der Waals surface area contributed by atoms with Crippen LogP contribution in [0.3, 0.4) is 0 Å². The number of carbonyl (C=O) groups excluding carboxylic acids is 1. The number of hydrogen-bond donors (Lipinski definition) is 1. The van der Waals surface area contributed by atoms with Gasteiger partial charge in [0.2, 0.25) is 15.9 Å². The first-order valence-electron chi connectivity index (χ1n) is 7.36. The second-order valence-corrected chi connectivity index (χ2v) is 8.70. The summed E-state index contributed by atoms with van der Waals surface area (Å²) in [5.74, 6) is -0.599. The van der Waals surface area contributed by atoms with Gasteiger partial charge in [0.05, 0.1) is 22.6 Å². The highest BCUT2D eigenvalue weighted by Crippen LogP contribution is 2.23. The second-order valence-electron chi connectivity index (χ2n) is 5.55. The van der Waals surface area contributed by atoms with Crippen LogP contribution in [-0.2, 0) is 14.8 Å². The lowest BCUT2D eigenvalue weighted by Crippen LogP contribution is -2.37. The maximum atomic E-state index is 12.4. The van der Waals surface area contributed by atoms with E-state index >= 15 is 0 Å². The van der Waals surface area contributed by atoms with Crippen LogP contribution >= 0.6 is 22.6 Å². The van der Waals surface area contributed by atoms with Crippen LogP contribution in [0.5, 0.6) is 0 Å². The van der Waals surface area contributed by atoms with Gasteiger partial charge < -0.3 is 5.32 Å². The smallest absolute Gasteiger partial charge is 0.271 e. The number of nitrogens with zero attached hydrogens (tertiary/aromatic N) is 2. The molecular formula is C16H16IN3O5S. The first kappa shape index (κ1) is 20.1. The minimum Gasteiger partial charge on any atom is -0.324 e. The van der Waals surface area contributed by atoms with Gasteiger partial charge in [-0.1, -0.05) is 6.07 Å². The number of nitro groups is 1. The summed E-state index contributed by atoms with van der Waals surface area (Å²) in [4.78, 5) is 22.7. The highest BCUT2D eigenvalue weighted by atomic mass is 127. The monoisotopic (exact) mass is 489 g/mol. The summed E-state index contributed by atoms with van der Waals surface area (Å²) in [5.41, 5.74) is 1.09. The summed E-state index contributed by atoms with van der Waals surface area (Å²) in [7, 11) is -3.69. The molecule has 0 radical (unpaired) electrons. The number of carbonyl (C=O) groups is 1. The quantitative estimate of drug-likeness (QED) is 0.381. The standard InChI is InChI=1S/C16H16IN3O5S/c1-11-3-6-14(20(22)23)9-15(11)18-16(21)10-19(26(2,24)25)13-7-4-12(17)5-8-13/h3-9H,10H2,1-2H3,(H,18,21).